The van der Waals surface area contributed by atoms with Crippen LogP contribution >= 0.6 is 0 Å². The van der Waals surface area contributed by atoms with Crippen LogP contribution in [-0.4, -0.2) is 38.2 Å². The van der Waals surface area contributed by atoms with Gasteiger partial charge >= 0.3 is 11.8 Å². The van der Waals surface area contributed by atoms with Crippen molar-refractivity contribution in [2.75, 3.05) is 11.9 Å². The van der Waals surface area contributed by atoms with Crippen molar-refractivity contribution in [3.05, 3.63) is 28.8 Å². The fourth-order valence-corrected chi connectivity index (χ4v) is 3.28. The molecule has 128 valence electrons. The first-order chi connectivity index (χ1) is 11.4. The number of amides is 2. The summed E-state index contributed by atoms with van der Waals surface area (Å²) in [4.78, 5) is 26.5. The number of rotatable bonds is 2. The molecule has 0 saturated carbocycles. The van der Waals surface area contributed by atoms with Crippen molar-refractivity contribution in [3.8, 4) is 0 Å². The van der Waals surface area contributed by atoms with Crippen molar-refractivity contribution in [2.45, 2.75) is 39.7 Å². The van der Waals surface area contributed by atoms with E-state index in [9.17, 15) is 9.59 Å². The van der Waals surface area contributed by atoms with Crippen molar-refractivity contribution in [2.24, 2.45) is 7.05 Å². The average Bonchev–Trinajstić information content (AvgIpc) is 3.21. The van der Waals surface area contributed by atoms with Gasteiger partial charge in [-0.1, -0.05) is 5.16 Å². The van der Waals surface area contributed by atoms with Crippen LogP contribution < -0.4 is 5.32 Å². The zero-order valence-electron chi connectivity index (χ0n) is 14.3. The van der Waals surface area contributed by atoms with E-state index in [1.165, 1.54) is 6.26 Å². The number of hydrogen-bond donors (Lipinski definition) is 1. The standard InChI is InChI=1S/C16H21N5O3/c1-9-8-24-19-14(9)17-15(22)16(23)21-7-5-6-12(21)13-10(2)18-20(4)11(13)3/h8,12H,5-7H2,1-4H3,(H,17,19,22)/t12-/m0/s1. The second kappa shape index (κ2) is 6.10. The molecule has 1 fully saturated rings. The van der Waals surface area contributed by atoms with Gasteiger partial charge < -0.3 is 9.42 Å². The van der Waals surface area contributed by atoms with Crippen LogP contribution in [0.3, 0.4) is 0 Å². The van der Waals surface area contributed by atoms with Gasteiger partial charge in [-0.25, -0.2) is 0 Å². The Morgan fingerprint density at radius 3 is 2.67 bits per heavy atom. The summed E-state index contributed by atoms with van der Waals surface area (Å²) in [5.74, 6) is -0.974. The highest BCUT2D eigenvalue weighted by Gasteiger charge is 2.36. The molecule has 3 rings (SSSR count). The minimum absolute atomic E-state index is 0.115. The number of hydrogen-bond acceptors (Lipinski definition) is 5. The van der Waals surface area contributed by atoms with Crippen LogP contribution in [0.15, 0.2) is 10.8 Å². The normalized spacial score (nSPS) is 17.3. The summed E-state index contributed by atoms with van der Waals surface area (Å²) in [6.07, 6.45) is 3.11. The molecule has 0 radical (unpaired) electrons. The summed E-state index contributed by atoms with van der Waals surface area (Å²) in [7, 11) is 1.88. The van der Waals surface area contributed by atoms with E-state index in [0.29, 0.717) is 12.1 Å². The van der Waals surface area contributed by atoms with E-state index in [0.717, 1.165) is 29.8 Å². The van der Waals surface area contributed by atoms with Gasteiger partial charge in [0.2, 0.25) is 0 Å². The molecule has 1 aliphatic heterocycles. The zero-order valence-corrected chi connectivity index (χ0v) is 14.3. The molecule has 1 N–H and O–H groups in total. The van der Waals surface area contributed by atoms with Crippen molar-refractivity contribution in [1.29, 1.82) is 0 Å². The van der Waals surface area contributed by atoms with Crippen LogP contribution in [0.1, 0.15) is 41.4 Å². The topological polar surface area (TPSA) is 93.3 Å². The van der Waals surface area contributed by atoms with Gasteiger partial charge in [-0.15, -0.1) is 0 Å². The Morgan fingerprint density at radius 1 is 1.33 bits per heavy atom. The molecule has 3 heterocycles. The first kappa shape index (κ1) is 16.2. The smallest absolute Gasteiger partial charge is 0.315 e. The van der Waals surface area contributed by atoms with Crippen molar-refractivity contribution < 1.29 is 14.1 Å². The van der Waals surface area contributed by atoms with Gasteiger partial charge in [0.15, 0.2) is 5.82 Å². The lowest BCUT2D eigenvalue weighted by Crippen LogP contribution is -2.39. The van der Waals surface area contributed by atoms with Crippen LogP contribution in [0.25, 0.3) is 0 Å². The Kier molecular flexibility index (Phi) is 4.13. The first-order valence-corrected chi connectivity index (χ1v) is 7.93. The molecule has 1 aliphatic rings. The van der Waals surface area contributed by atoms with Gasteiger partial charge in [0.05, 0.1) is 11.7 Å². The highest BCUT2D eigenvalue weighted by atomic mass is 16.5. The maximum atomic E-state index is 12.6. The summed E-state index contributed by atoms with van der Waals surface area (Å²) >= 11 is 0. The number of nitrogens with one attached hydrogen (secondary N) is 1. The predicted molar refractivity (Wildman–Crippen MR) is 86.2 cm³/mol. The van der Waals surface area contributed by atoms with Gasteiger partial charge in [0, 0.05) is 30.4 Å². The summed E-state index contributed by atoms with van der Waals surface area (Å²) in [5, 5.41) is 10.6. The van der Waals surface area contributed by atoms with Gasteiger partial charge in [-0.2, -0.15) is 5.10 Å². The number of nitrogens with zero attached hydrogens (tertiary/aromatic N) is 4. The number of anilines is 1. The van der Waals surface area contributed by atoms with E-state index in [1.807, 2.05) is 25.6 Å². The van der Waals surface area contributed by atoms with E-state index >= 15 is 0 Å². The first-order valence-electron chi connectivity index (χ1n) is 7.93. The molecule has 2 amide bonds. The van der Waals surface area contributed by atoms with Gasteiger partial charge in [0.1, 0.15) is 6.26 Å². The molecule has 8 nitrogen and oxygen atoms in total. The highest BCUT2D eigenvalue weighted by molar-refractivity contribution is 6.39. The van der Waals surface area contributed by atoms with Crippen molar-refractivity contribution >= 4 is 17.6 Å². The van der Waals surface area contributed by atoms with E-state index < -0.39 is 11.8 Å². The third-order valence-corrected chi connectivity index (χ3v) is 4.59. The summed E-state index contributed by atoms with van der Waals surface area (Å²) in [6.45, 7) is 6.22. The van der Waals surface area contributed by atoms with E-state index in [2.05, 4.69) is 15.6 Å². The molecular formula is C16H21N5O3. The Hall–Kier alpha value is -2.64. The van der Waals surface area contributed by atoms with Gasteiger partial charge in [-0.05, 0) is 33.6 Å². The lowest BCUT2D eigenvalue weighted by molar-refractivity contribution is -0.143. The second-order valence-corrected chi connectivity index (χ2v) is 6.16. The Bertz CT molecular complexity index is 792. The fraction of sp³-hybridized carbons (Fsp3) is 0.500. The molecule has 24 heavy (non-hydrogen) atoms. The molecule has 0 spiro atoms. The summed E-state index contributed by atoms with van der Waals surface area (Å²) in [5.41, 5.74) is 3.62. The number of likely N-dealkylation sites (tertiary alicyclic amines) is 1. The molecule has 0 aliphatic carbocycles. The SMILES string of the molecule is Cc1conc1NC(=O)C(=O)N1CCC[C@H]1c1c(C)nn(C)c1C. The lowest BCUT2D eigenvalue weighted by atomic mass is 10.0. The third kappa shape index (κ3) is 2.68. The van der Waals surface area contributed by atoms with E-state index in [-0.39, 0.29) is 11.9 Å². The molecule has 1 saturated heterocycles. The molecule has 8 heteroatoms. The van der Waals surface area contributed by atoms with Crippen LogP contribution in [-0.2, 0) is 16.6 Å². The van der Waals surface area contributed by atoms with E-state index in [4.69, 9.17) is 4.52 Å². The van der Waals surface area contributed by atoms with Crippen molar-refractivity contribution in [3.63, 3.8) is 0 Å². The molecule has 0 unspecified atom stereocenters. The van der Waals surface area contributed by atoms with Crippen LogP contribution in [0.4, 0.5) is 5.82 Å². The Balaban J connectivity index is 1.81. The molecule has 0 aromatic carbocycles. The van der Waals surface area contributed by atoms with Gasteiger partial charge in [-0.3, -0.25) is 19.6 Å². The molecule has 1 atom stereocenters. The largest absolute Gasteiger partial charge is 0.362 e. The van der Waals surface area contributed by atoms with Crippen LogP contribution in [0.2, 0.25) is 0 Å². The average molecular weight is 331 g/mol. The number of aromatic nitrogens is 3. The second-order valence-electron chi connectivity index (χ2n) is 6.16. The quantitative estimate of drug-likeness (QED) is 0.844. The van der Waals surface area contributed by atoms with Crippen LogP contribution in [0.5, 0.6) is 0 Å². The molecule has 0 bridgehead atoms. The minimum atomic E-state index is -0.696. The number of carbonyl (C=O) groups is 2. The number of aryl methyl sites for hydroxylation is 3. The van der Waals surface area contributed by atoms with Gasteiger partial charge in [0.25, 0.3) is 0 Å². The lowest BCUT2D eigenvalue weighted by Gasteiger charge is -2.24. The maximum absolute atomic E-state index is 12.6. The van der Waals surface area contributed by atoms with Crippen LogP contribution in [0, 0.1) is 20.8 Å². The highest BCUT2D eigenvalue weighted by Crippen LogP contribution is 2.35. The fourth-order valence-electron chi connectivity index (χ4n) is 3.28. The molecular weight excluding hydrogens is 310 g/mol. The zero-order chi connectivity index (χ0) is 17.4. The molecule has 2 aromatic heterocycles. The molecule has 2 aromatic rings. The van der Waals surface area contributed by atoms with E-state index in [1.54, 1.807) is 11.8 Å². The monoisotopic (exact) mass is 331 g/mol. The number of carbonyl (C=O) groups excluding carboxylic acids is 2. The Labute approximate surface area is 139 Å². The van der Waals surface area contributed by atoms with Crippen molar-refractivity contribution in [1.82, 2.24) is 19.8 Å². The minimum Gasteiger partial charge on any atom is -0.362 e. The summed E-state index contributed by atoms with van der Waals surface area (Å²) < 4.78 is 6.59. The maximum Gasteiger partial charge on any atom is 0.315 e. The Morgan fingerprint density at radius 2 is 2.08 bits per heavy atom. The summed E-state index contributed by atoms with van der Waals surface area (Å²) in [6, 6.07) is -0.115. The predicted octanol–water partition coefficient (Wildman–Crippen LogP) is 1.64. The third-order valence-electron chi connectivity index (χ3n) is 4.59.